The van der Waals surface area contributed by atoms with Crippen LogP contribution in [0.3, 0.4) is 0 Å². The second kappa shape index (κ2) is 14.5. The molecule has 0 fully saturated rings. The van der Waals surface area contributed by atoms with Gasteiger partial charge in [-0.15, -0.1) is 0 Å². The molecule has 0 amide bonds. The summed E-state index contributed by atoms with van der Waals surface area (Å²) in [6.07, 6.45) is 2.52. The first-order chi connectivity index (χ1) is 20.3. The summed E-state index contributed by atoms with van der Waals surface area (Å²) in [7, 11) is -11.7. The Morgan fingerprint density at radius 2 is 1.22 bits per heavy atom. The molecule has 0 heterocycles. The Morgan fingerprint density at radius 3 is 1.60 bits per heavy atom. The summed E-state index contributed by atoms with van der Waals surface area (Å²) in [6, 6.07) is 18.0. The van der Waals surface area contributed by atoms with Crippen LogP contribution in [-0.4, -0.2) is 42.4 Å². The van der Waals surface area contributed by atoms with E-state index in [1.807, 2.05) is 3.28 Å². The minimum atomic E-state index is -5.84. The number of hydrogen-bond donors (Lipinski definition) is 2. The van der Waals surface area contributed by atoms with Crippen molar-refractivity contribution < 1.29 is 72.7 Å². The van der Waals surface area contributed by atoms with Crippen LogP contribution >= 0.6 is 0 Å². The molecule has 0 radical (unpaired) electrons. The molecule has 16 heteroatoms. The van der Waals surface area contributed by atoms with Gasteiger partial charge in [0.1, 0.15) is 0 Å². The van der Waals surface area contributed by atoms with Gasteiger partial charge in [-0.2, -0.15) is 43.2 Å². The average Bonchev–Trinajstić information content (AvgIpc) is 3.32. The maximum Gasteiger partial charge on any atom is 0.522 e. The summed E-state index contributed by atoms with van der Waals surface area (Å²) in [5.74, 6) is 0.665. The fourth-order valence-corrected chi connectivity index (χ4v) is 25.9. The van der Waals surface area contributed by atoms with Gasteiger partial charge >= 0.3 is 217 Å². The van der Waals surface area contributed by atoms with Crippen molar-refractivity contribution >= 4 is 31.7 Å². The standard InChI is InChI=1S/C16H13.C9H13.C2H6Si.2CHF3O3S.Zr/c1-12-10-14-8-5-9-15(16(14)11-12)13-6-3-2-4-7-13;1-6-5-7(2)9(4)8(6)3;1-3-2;2*2-1(3,4)8(5,6)7;/h2-11H,1H3;6H,1-4H3;1-2H3;2*(H,5,6,7);. The van der Waals surface area contributed by atoms with E-state index in [0.717, 1.165) is 0 Å². The number of hydrogen-bond acceptors (Lipinski definition) is 4. The van der Waals surface area contributed by atoms with E-state index in [2.05, 4.69) is 102 Å². The van der Waals surface area contributed by atoms with Crippen LogP contribution in [0.4, 0.5) is 26.3 Å². The first-order valence-corrected chi connectivity index (χ1v) is 25.0. The van der Waals surface area contributed by atoms with Crippen molar-refractivity contribution in [3.8, 4) is 11.1 Å². The van der Waals surface area contributed by atoms with Crippen LogP contribution in [0.15, 0.2) is 74.1 Å². The molecule has 0 aliphatic heterocycles. The molecule has 6 nitrogen and oxygen atoms in total. The first-order valence-electron chi connectivity index (χ1n) is 13.3. The molecular weight excluding hydrogens is 742 g/mol. The third-order valence-corrected chi connectivity index (χ3v) is 27.9. The molecule has 0 bridgehead atoms. The van der Waals surface area contributed by atoms with E-state index < -0.39 is 51.6 Å². The molecule has 0 saturated carbocycles. The van der Waals surface area contributed by atoms with Gasteiger partial charge in [0.25, 0.3) is 0 Å². The maximum atomic E-state index is 10.7. The zero-order valence-electron chi connectivity index (χ0n) is 25.5. The van der Waals surface area contributed by atoms with Gasteiger partial charge in [-0.05, 0) is 0 Å². The van der Waals surface area contributed by atoms with E-state index in [1.165, 1.54) is 16.7 Å². The Hall–Kier alpha value is -1.84. The molecule has 248 valence electrons. The third kappa shape index (κ3) is 9.16. The molecule has 2 N–H and O–H groups in total. The van der Waals surface area contributed by atoms with Crippen LogP contribution < -0.4 is 0 Å². The quantitative estimate of drug-likeness (QED) is 0.140. The topological polar surface area (TPSA) is 109 Å². The van der Waals surface area contributed by atoms with Gasteiger partial charge in [-0.25, -0.2) is 0 Å². The van der Waals surface area contributed by atoms with E-state index in [0.29, 0.717) is 9.54 Å². The summed E-state index contributed by atoms with van der Waals surface area (Å²) < 4.78 is 118. The number of benzene rings is 2. The van der Waals surface area contributed by atoms with Gasteiger partial charge in [0.2, 0.25) is 0 Å². The van der Waals surface area contributed by atoms with Crippen LogP contribution in [0.25, 0.3) is 17.2 Å². The van der Waals surface area contributed by atoms with Crippen LogP contribution in [-0.2, 0) is 40.6 Å². The Morgan fingerprint density at radius 1 is 0.756 bits per heavy atom. The van der Waals surface area contributed by atoms with Crippen molar-refractivity contribution in [2.45, 2.75) is 62.4 Å². The molecule has 2 unspecified atom stereocenters. The normalized spacial score (nSPS) is 18.4. The SMILES string of the molecule is CC1=Cc2c(-c3ccccc3)cccc2[CH]1[Zr]([C]1=C(C)C(C)=C(C)C1C)=[Si](C)C.O=S(=O)(O)C(F)(F)F.O=S(=O)(O)C(F)(F)F. The predicted octanol–water partition coefficient (Wildman–Crippen LogP) is 8.73. The first kappa shape index (κ1) is 39.3. The number of fused-ring (bicyclic) bond motifs is 1. The summed E-state index contributed by atoms with van der Waals surface area (Å²) >= 11 is -1.89. The van der Waals surface area contributed by atoms with Gasteiger partial charge in [-0.3, -0.25) is 9.11 Å². The molecule has 2 aliphatic carbocycles. The summed E-state index contributed by atoms with van der Waals surface area (Å²) in [5, 5.41) is 0. The van der Waals surface area contributed by atoms with Gasteiger partial charge in [0.05, 0.1) is 0 Å². The summed E-state index contributed by atoms with van der Waals surface area (Å²) in [5.41, 5.74) is 0.939. The molecular formula is C29H34F6O6S2SiZr. The molecule has 2 atom stereocenters. The molecule has 0 spiro atoms. The number of allylic oxidation sites excluding steroid dienone is 5. The Balaban J connectivity index is 0.000000365. The molecule has 45 heavy (non-hydrogen) atoms. The van der Waals surface area contributed by atoms with Crippen LogP contribution in [0.2, 0.25) is 13.1 Å². The number of alkyl halides is 6. The van der Waals surface area contributed by atoms with Crippen LogP contribution in [0, 0.1) is 5.92 Å². The van der Waals surface area contributed by atoms with Crippen molar-refractivity contribution in [3.63, 3.8) is 0 Å². The van der Waals surface area contributed by atoms with Crippen molar-refractivity contribution in [1.82, 2.24) is 0 Å². The van der Waals surface area contributed by atoms with Gasteiger partial charge < -0.3 is 0 Å². The Bertz CT molecular complexity index is 1750. The monoisotopic (exact) mass is 774 g/mol. The number of halogens is 6. The van der Waals surface area contributed by atoms with Gasteiger partial charge in [0, 0.05) is 0 Å². The zero-order valence-corrected chi connectivity index (χ0v) is 30.6. The maximum absolute atomic E-state index is 10.7. The third-order valence-electron chi connectivity index (χ3n) is 7.71. The van der Waals surface area contributed by atoms with E-state index in [9.17, 15) is 26.3 Å². The summed E-state index contributed by atoms with van der Waals surface area (Å²) in [4.78, 5) is 0. The van der Waals surface area contributed by atoms with E-state index in [4.69, 9.17) is 25.9 Å². The molecule has 0 saturated heterocycles. The van der Waals surface area contributed by atoms with E-state index in [1.54, 1.807) is 27.9 Å². The van der Waals surface area contributed by atoms with Crippen molar-refractivity contribution in [2.75, 3.05) is 0 Å². The predicted molar refractivity (Wildman–Crippen MR) is 161 cm³/mol. The smallest absolute Gasteiger partial charge is 0.279 e. The summed E-state index contributed by atoms with van der Waals surface area (Å²) in [6.45, 7) is 17.2. The molecule has 2 aromatic rings. The Labute approximate surface area is 267 Å². The zero-order chi connectivity index (χ0) is 34.9. The molecule has 2 aliphatic rings. The van der Waals surface area contributed by atoms with Crippen LogP contribution in [0.1, 0.15) is 49.4 Å². The molecule has 0 aromatic heterocycles. The Kier molecular flexibility index (Phi) is 12.7. The minimum Gasteiger partial charge on any atom is -0.279 e. The number of rotatable bonds is 3. The van der Waals surface area contributed by atoms with Gasteiger partial charge in [-0.1, -0.05) is 0 Å². The van der Waals surface area contributed by atoms with Gasteiger partial charge in [0.15, 0.2) is 0 Å². The van der Waals surface area contributed by atoms with Crippen molar-refractivity contribution in [3.05, 3.63) is 85.2 Å². The van der Waals surface area contributed by atoms with Crippen molar-refractivity contribution in [1.29, 1.82) is 0 Å². The van der Waals surface area contributed by atoms with E-state index in [-0.39, 0.29) is 5.43 Å². The minimum absolute atomic E-state index is 0.330. The van der Waals surface area contributed by atoms with Crippen molar-refractivity contribution in [2.24, 2.45) is 5.92 Å². The fraction of sp³-hybridized carbons (Fsp3) is 0.379. The molecule has 4 rings (SSSR count). The second-order valence-electron chi connectivity index (χ2n) is 10.8. The van der Waals surface area contributed by atoms with Crippen LogP contribution in [0.5, 0.6) is 0 Å². The fourth-order valence-electron chi connectivity index (χ4n) is 5.32. The average molecular weight is 776 g/mol. The molecule has 2 aromatic carbocycles. The largest absolute Gasteiger partial charge is 0.522 e. The second-order valence-corrected chi connectivity index (χ2v) is 31.0. The van der Waals surface area contributed by atoms with E-state index >= 15 is 0 Å².